The highest BCUT2D eigenvalue weighted by Gasteiger charge is 2.78. The van der Waals surface area contributed by atoms with Crippen molar-refractivity contribution in [3.63, 3.8) is 0 Å². The number of hydrogen-bond donors (Lipinski definition) is 0. The van der Waals surface area contributed by atoms with Crippen LogP contribution in [-0.2, 0) is 14.5 Å². The van der Waals surface area contributed by atoms with E-state index in [1.807, 2.05) is 13.0 Å². The van der Waals surface area contributed by atoms with Gasteiger partial charge in [0.2, 0.25) is 0 Å². The van der Waals surface area contributed by atoms with E-state index in [1.54, 1.807) is 6.08 Å². The van der Waals surface area contributed by atoms with E-state index < -0.39 is 11.4 Å². The predicted octanol–water partition coefficient (Wildman–Crippen LogP) is 4.71. The maximum atomic E-state index is 6.22. The van der Waals surface area contributed by atoms with Gasteiger partial charge in [-0.05, 0) is 26.2 Å². The van der Waals surface area contributed by atoms with Crippen molar-refractivity contribution in [2.24, 2.45) is 5.41 Å². The summed E-state index contributed by atoms with van der Waals surface area (Å²) in [5, 5.41) is 0. The fraction of sp³-hybridized carbons (Fsp3) is 0.667. The molecule has 2 heterocycles. The van der Waals surface area contributed by atoms with Crippen molar-refractivity contribution in [3.8, 4) is 0 Å². The zero-order valence-corrected chi connectivity index (χ0v) is 13.8. The van der Waals surface area contributed by atoms with E-state index in [4.69, 9.17) is 14.5 Å². The molecule has 0 aromatic carbocycles. The van der Waals surface area contributed by atoms with Crippen molar-refractivity contribution in [2.45, 2.75) is 64.8 Å². The molecule has 0 N–H and O–H groups in total. The molecule has 2 rings (SSSR count). The van der Waals surface area contributed by atoms with Gasteiger partial charge < -0.3 is 4.74 Å². The molecule has 0 amide bonds. The molecule has 0 aliphatic carbocycles. The number of ether oxygens (including phenoxy) is 1. The minimum absolute atomic E-state index is 0.00801. The molecular formula is C18H28O3. The third kappa shape index (κ3) is 1.98. The van der Waals surface area contributed by atoms with Gasteiger partial charge in [-0.3, -0.25) is 0 Å². The van der Waals surface area contributed by atoms with Crippen LogP contribution in [0, 0.1) is 5.41 Å². The average Bonchev–Trinajstić information content (AvgIpc) is 2.63. The number of allylic oxidation sites excluding steroid dienone is 2. The van der Waals surface area contributed by atoms with Gasteiger partial charge in [-0.1, -0.05) is 58.1 Å². The van der Waals surface area contributed by atoms with E-state index in [0.29, 0.717) is 6.61 Å². The summed E-state index contributed by atoms with van der Waals surface area (Å²) in [6.45, 7) is 17.1. The van der Waals surface area contributed by atoms with Crippen LogP contribution in [0.2, 0.25) is 0 Å². The van der Waals surface area contributed by atoms with E-state index in [9.17, 15) is 0 Å². The lowest BCUT2D eigenvalue weighted by Gasteiger charge is -2.56. The van der Waals surface area contributed by atoms with Crippen LogP contribution in [0.3, 0.4) is 0 Å². The normalized spacial score (nSPS) is 38.8. The highest BCUT2D eigenvalue weighted by molar-refractivity contribution is 5.39. The highest BCUT2D eigenvalue weighted by Crippen LogP contribution is 2.65. The Labute approximate surface area is 128 Å². The van der Waals surface area contributed by atoms with Crippen LogP contribution in [0.1, 0.15) is 53.4 Å². The SMILES string of the molecule is C=C/C(=C\C(=C)C)C12OCC(CC)(CCC)C1(CC)OO2. The van der Waals surface area contributed by atoms with Crippen molar-refractivity contribution >= 4 is 0 Å². The minimum atomic E-state index is -0.826. The van der Waals surface area contributed by atoms with E-state index in [0.717, 1.165) is 36.8 Å². The minimum Gasteiger partial charge on any atom is -0.341 e. The van der Waals surface area contributed by atoms with Crippen molar-refractivity contribution in [2.75, 3.05) is 6.61 Å². The van der Waals surface area contributed by atoms with Gasteiger partial charge in [-0.15, -0.1) is 0 Å². The van der Waals surface area contributed by atoms with Gasteiger partial charge >= 0.3 is 0 Å². The largest absolute Gasteiger partial charge is 0.341 e. The maximum Gasteiger partial charge on any atom is 0.260 e. The molecule has 0 aromatic heterocycles. The summed E-state index contributed by atoms with van der Waals surface area (Å²) in [6.07, 6.45) is 7.82. The first-order valence-corrected chi connectivity index (χ1v) is 7.98. The Balaban J connectivity index is 2.51. The Morgan fingerprint density at radius 1 is 1.19 bits per heavy atom. The van der Waals surface area contributed by atoms with E-state index in [2.05, 4.69) is 33.9 Å². The van der Waals surface area contributed by atoms with Crippen molar-refractivity contribution < 1.29 is 14.5 Å². The molecule has 2 aliphatic heterocycles. The molecule has 0 bridgehead atoms. The summed E-state index contributed by atoms with van der Waals surface area (Å²) in [5.41, 5.74) is 1.42. The number of fused-ring (bicyclic) bond motifs is 1. The molecule has 2 saturated heterocycles. The van der Waals surface area contributed by atoms with E-state index in [-0.39, 0.29) is 5.41 Å². The third-order valence-electron chi connectivity index (χ3n) is 5.15. The Bertz CT molecular complexity index is 463. The molecular weight excluding hydrogens is 264 g/mol. The van der Waals surface area contributed by atoms with Crippen LogP contribution in [-0.4, -0.2) is 18.0 Å². The molecule has 3 nitrogen and oxygen atoms in total. The lowest BCUT2D eigenvalue weighted by Crippen LogP contribution is -2.70. The summed E-state index contributed by atoms with van der Waals surface area (Å²) >= 11 is 0. The van der Waals surface area contributed by atoms with E-state index in [1.165, 1.54) is 0 Å². The van der Waals surface area contributed by atoms with Gasteiger partial charge in [0.15, 0.2) is 5.60 Å². The first kappa shape index (κ1) is 16.5. The molecule has 21 heavy (non-hydrogen) atoms. The molecule has 3 heteroatoms. The topological polar surface area (TPSA) is 27.7 Å². The number of hydrogen-bond acceptors (Lipinski definition) is 3. The zero-order valence-electron chi connectivity index (χ0n) is 13.8. The van der Waals surface area contributed by atoms with E-state index >= 15 is 0 Å². The van der Waals surface area contributed by atoms with Crippen molar-refractivity contribution in [3.05, 3.63) is 36.5 Å². The van der Waals surface area contributed by atoms with Crippen LogP contribution in [0.15, 0.2) is 36.5 Å². The molecule has 3 unspecified atom stereocenters. The summed E-state index contributed by atoms with van der Waals surface area (Å²) in [6, 6.07) is 0. The molecule has 2 aliphatic rings. The molecule has 0 radical (unpaired) electrons. The smallest absolute Gasteiger partial charge is 0.260 e. The fourth-order valence-electron chi connectivity index (χ4n) is 4.05. The van der Waals surface area contributed by atoms with Crippen molar-refractivity contribution in [1.82, 2.24) is 0 Å². The van der Waals surface area contributed by atoms with Gasteiger partial charge in [-0.25, -0.2) is 4.89 Å². The molecule has 0 saturated carbocycles. The highest BCUT2D eigenvalue weighted by atomic mass is 17.3. The lowest BCUT2D eigenvalue weighted by atomic mass is 9.62. The Morgan fingerprint density at radius 2 is 1.90 bits per heavy atom. The van der Waals surface area contributed by atoms with Crippen LogP contribution >= 0.6 is 0 Å². The first-order chi connectivity index (χ1) is 9.97. The second-order valence-electron chi connectivity index (χ2n) is 6.29. The predicted molar refractivity (Wildman–Crippen MR) is 84.6 cm³/mol. The molecule has 0 aromatic rings. The van der Waals surface area contributed by atoms with Gasteiger partial charge in [-0.2, -0.15) is 4.89 Å². The summed E-state index contributed by atoms with van der Waals surface area (Å²) in [7, 11) is 0. The molecule has 2 fully saturated rings. The van der Waals surface area contributed by atoms with Crippen molar-refractivity contribution in [1.29, 1.82) is 0 Å². The molecule has 3 atom stereocenters. The Kier molecular flexibility index (Phi) is 4.48. The average molecular weight is 292 g/mol. The summed E-state index contributed by atoms with van der Waals surface area (Å²) in [4.78, 5) is 11.4. The van der Waals surface area contributed by atoms with Crippen LogP contribution < -0.4 is 0 Å². The first-order valence-electron chi connectivity index (χ1n) is 7.98. The maximum absolute atomic E-state index is 6.22. The zero-order chi connectivity index (χ0) is 15.7. The van der Waals surface area contributed by atoms with Gasteiger partial charge in [0.25, 0.3) is 5.79 Å². The fourth-order valence-corrected chi connectivity index (χ4v) is 4.05. The number of rotatable bonds is 7. The third-order valence-corrected chi connectivity index (χ3v) is 5.15. The second-order valence-corrected chi connectivity index (χ2v) is 6.29. The quantitative estimate of drug-likeness (QED) is 0.502. The van der Waals surface area contributed by atoms with Gasteiger partial charge in [0.1, 0.15) is 0 Å². The van der Waals surface area contributed by atoms with Gasteiger partial charge in [0.05, 0.1) is 6.61 Å². The Hall–Kier alpha value is -0.900. The van der Waals surface area contributed by atoms with Crippen LogP contribution in [0.4, 0.5) is 0 Å². The monoisotopic (exact) mass is 292 g/mol. The van der Waals surface area contributed by atoms with Crippen LogP contribution in [0.25, 0.3) is 0 Å². The Morgan fingerprint density at radius 3 is 2.29 bits per heavy atom. The lowest BCUT2D eigenvalue weighted by molar-refractivity contribution is -0.588. The summed E-state index contributed by atoms with van der Waals surface area (Å²) < 4.78 is 6.22. The second kappa shape index (κ2) is 5.71. The molecule has 0 spiro atoms. The van der Waals surface area contributed by atoms with Crippen LogP contribution in [0.5, 0.6) is 0 Å². The van der Waals surface area contributed by atoms with Gasteiger partial charge in [0, 0.05) is 11.0 Å². The molecule has 118 valence electrons. The summed E-state index contributed by atoms with van der Waals surface area (Å²) in [5.74, 6) is -0.826. The standard InChI is InChI=1S/C18H28O3/c1-7-11-16(9-3)13-19-18(15(8-2)12-14(5)6)17(16,10-4)20-21-18/h8,12H,2,5,7,9-11,13H2,1,3-4,6H3/b15-12+.